The molecule has 0 aromatic heterocycles. The number of hydrogen-bond acceptors (Lipinski definition) is 7. The second-order valence-corrected chi connectivity index (χ2v) is 13.7. The van der Waals surface area contributed by atoms with E-state index < -0.39 is 23.9 Å². The van der Waals surface area contributed by atoms with Crippen molar-refractivity contribution < 1.29 is 44.1 Å². The van der Waals surface area contributed by atoms with Gasteiger partial charge in [0.1, 0.15) is 6.54 Å². The van der Waals surface area contributed by atoms with Crippen LogP contribution in [0.4, 0.5) is 0 Å². The summed E-state index contributed by atoms with van der Waals surface area (Å²) in [7, 11) is 6.60. The van der Waals surface area contributed by atoms with Crippen LogP contribution in [0.5, 0.6) is 0 Å². The van der Waals surface area contributed by atoms with Gasteiger partial charge in [-0.1, -0.05) is 66.0 Å². The Balaban J connectivity index is 0.000000207. The third kappa shape index (κ3) is 13.7. The van der Waals surface area contributed by atoms with Gasteiger partial charge in [0.25, 0.3) is 0 Å². The topological polar surface area (TPSA) is 152 Å². The van der Waals surface area contributed by atoms with Crippen LogP contribution < -0.4 is 5.11 Å². The summed E-state index contributed by atoms with van der Waals surface area (Å²) in [5.41, 5.74) is 2.25. The molecule has 0 aliphatic heterocycles. The number of carbonyl (C=O) groups excluding carboxylic acids is 1. The summed E-state index contributed by atoms with van der Waals surface area (Å²) < 4.78 is 0.990. The van der Waals surface area contributed by atoms with Crippen molar-refractivity contribution >= 4 is 47.4 Å². The molecule has 49 heavy (non-hydrogen) atoms. The first-order chi connectivity index (χ1) is 23.2. The second kappa shape index (κ2) is 18.3. The minimum Gasteiger partial charge on any atom is -0.545 e. The fraction of sp³-hybridized carbons (Fsp3) is 0.105. The normalized spacial score (nSPS) is 10.4. The van der Waals surface area contributed by atoms with Crippen molar-refractivity contribution in [3.63, 3.8) is 0 Å². The summed E-state index contributed by atoms with van der Waals surface area (Å²) in [5.74, 6) is -4.08. The first-order valence-corrected chi connectivity index (χ1v) is 16.3. The predicted octanol–water partition coefficient (Wildman–Crippen LogP) is 7.03. The number of carboxylic acids is 4. The Hall–Kier alpha value is -5.36. The Bertz CT molecular complexity index is 1610. The largest absolute Gasteiger partial charge is 0.545 e. The maximum absolute atomic E-state index is 10.7. The quantitative estimate of drug-likeness (QED) is 0.130. The Morgan fingerprint density at radius 2 is 0.776 bits per heavy atom. The molecule has 5 aromatic rings. The molecule has 0 atom stereocenters. The molecule has 11 heteroatoms. The van der Waals surface area contributed by atoms with Crippen LogP contribution >= 0.6 is 23.5 Å². The third-order valence-electron chi connectivity index (χ3n) is 6.36. The van der Waals surface area contributed by atoms with E-state index in [-0.39, 0.29) is 22.3 Å². The number of benzene rings is 5. The Labute approximate surface area is 293 Å². The Morgan fingerprint density at radius 3 is 1.02 bits per heavy atom. The van der Waals surface area contributed by atoms with E-state index in [4.69, 9.17) is 15.3 Å². The SMILES string of the molecule is C[N+](C)(C)Cc1ccccc1.O=C(O)c1ccc(Sc2ccc(C(=O)O)cc2)cc1.O=C([O-])c1ccc(Sc2ccc(C(=O)O)cc2)cc1. The monoisotopic (exact) mass is 697 g/mol. The van der Waals surface area contributed by atoms with E-state index in [1.165, 1.54) is 77.6 Å². The molecule has 5 rings (SSSR count). The van der Waals surface area contributed by atoms with Crippen LogP contribution in [0, 0.1) is 0 Å². The highest BCUT2D eigenvalue weighted by atomic mass is 32.2. The number of carbonyl (C=O) groups is 4. The van der Waals surface area contributed by atoms with E-state index in [1.807, 2.05) is 0 Å². The van der Waals surface area contributed by atoms with Crippen LogP contribution in [0.15, 0.2) is 147 Å². The van der Waals surface area contributed by atoms with Gasteiger partial charge in [-0.15, -0.1) is 0 Å². The lowest BCUT2D eigenvalue weighted by Gasteiger charge is -2.23. The van der Waals surface area contributed by atoms with Crippen molar-refractivity contribution in [3.8, 4) is 0 Å². The van der Waals surface area contributed by atoms with Gasteiger partial charge < -0.3 is 29.7 Å². The van der Waals surface area contributed by atoms with Crippen molar-refractivity contribution in [2.75, 3.05) is 21.1 Å². The molecule has 9 nitrogen and oxygen atoms in total. The number of hydrogen-bond donors (Lipinski definition) is 3. The van der Waals surface area contributed by atoms with E-state index in [9.17, 15) is 24.3 Å². The summed E-state index contributed by atoms with van der Waals surface area (Å²) >= 11 is 2.86. The first-order valence-electron chi connectivity index (χ1n) is 14.7. The molecule has 0 amide bonds. The highest BCUT2D eigenvalue weighted by Gasteiger charge is 2.07. The van der Waals surface area contributed by atoms with Gasteiger partial charge in [-0.2, -0.15) is 0 Å². The van der Waals surface area contributed by atoms with E-state index in [0.717, 1.165) is 30.6 Å². The Morgan fingerprint density at radius 1 is 0.490 bits per heavy atom. The molecule has 0 heterocycles. The summed E-state index contributed by atoms with van der Waals surface area (Å²) in [4.78, 5) is 46.3. The maximum Gasteiger partial charge on any atom is 0.335 e. The highest BCUT2D eigenvalue weighted by molar-refractivity contribution is 7.99. The zero-order chi connectivity index (χ0) is 36.0. The molecule has 0 fully saturated rings. The van der Waals surface area contributed by atoms with Gasteiger partial charge in [0.15, 0.2) is 0 Å². The van der Waals surface area contributed by atoms with Crippen molar-refractivity contribution in [1.29, 1.82) is 0 Å². The van der Waals surface area contributed by atoms with Crippen molar-refractivity contribution in [2.24, 2.45) is 0 Å². The molecule has 0 unspecified atom stereocenters. The molecule has 252 valence electrons. The molecule has 0 aliphatic carbocycles. The lowest BCUT2D eigenvalue weighted by atomic mass is 10.2. The molecule has 0 spiro atoms. The highest BCUT2D eigenvalue weighted by Crippen LogP contribution is 2.29. The van der Waals surface area contributed by atoms with Crippen molar-refractivity contribution in [1.82, 2.24) is 0 Å². The molecule has 0 saturated carbocycles. The average molecular weight is 698 g/mol. The lowest BCUT2D eigenvalue weighted by molar-refractivity contribution is -0.884. The van der Waals surface area contributed by atoms with E-state index in [1.54, 1.807) is 48.5 Å². The zero-order valence-corrected chi connectivity index (χ0v) is 28.6. The van der Waals surface area contributed by atoms with Crippen molar-refractivity contribution in [2.45, 2.75) is 26.1 Å². The Kier molecular flexibility index (Phi) is 14.2. The van der Waals surface area contributed by atoms with Crippen LogP contribution in [0.25, 0.3) is 0 Å². The summed E-state index contributed by atoms with van der Waals surface area (Å²) in [6.45, 7) is 1.10. The van der Waals surface area contributed by atoms with E-state index in [2.05, 4.69) is 51.5 Å². The number of rotatable bonds is 10. The maximum atomic E-state index is 10.7. The lowest BCUT2D eigenvalue weighted by Crippen LogP contribution is -2.33. The minimum absolute atomic E-state index is 0.130. The molecular weight excluding hydrogens is 663 g/mol. The van der Waals surface area contributed by atoms with Crippen LogP contribution in [-0.4, -0.2) is 64.8 Å². The number of quaternary nitrogens is 1. The van der Waals surface area contributed by atoms with Crippen LogP contribution in [0.3, 0.4) is 0 Å². The van der Waals surface area contributed by atoms with Gasteiger partial charge in [0, 0.05) is 25.1 Å². The first kappa shape index (κ1) is 38.1. The van der Waals surface area contributed by atoms with Gasteiger partial charge in [0.05, 0.1) is 43.8 Å². The van der Waals surface area contributed by atoms with E-state index >= 15 is 0 Å². The number of carboxylic acid groups (broad SMARTS) is 4. The molecule has 3 N–H and O–H groups in total. The van der Waals surface area contributed by atoms with Crippen molar-refractivity contribution in [3.05, 3.63) is 155 Å². The zero-order valence-electron chi connectivity index (χ0n) is 27.0. The molecule has 0 bridgehead atoms. The fourth-order valence-corrected chi connectivity index (χ4v) is 5.69. The average Bonchev–Trinajstić information content (AvgIpc) is 3.06. The fourth-order valence-electron chi connectivity index (χ4n) is 4.06. The molecule has 5 aromatic carbocycles. The van der Waals surface area contributed by atoms with E-state index in [0.29, 0.717) is 0 Å². The second-order valence-electron chi connectivity index (χ2n) is 11.4. The molecule has 0 aliphatic rings. The predicted molar refractivity (Wildman–Crippen MR) is 187 cm³/mol. The summed E-state index contributed by atoms with van der Waals surface area (Å²) in [6, 6.07) is 36.4. The van der Waals surface area contributed by atoms with Gasteiger partial charge in [-0.3, -0.25) is 0 Å². The molecule has 0 saturated heterocycles. The van der Waals surface area contributed by atoms with Gasteiger partial charge in [-0.05, 0) is 90.5 Å². The summed E-state index contributed by atoms with van der Waals surface area (Å²) in [6.07, 6.45) is 0. The molecule has 0 radical (unpaired) electrons. The van der Waals surface area contributed by atoms with Crippen LogP contribution in [0.1, 0.15) is 47.0 Å². The number of aromatic carboxylic acids is 4. The number of nitrogens with zero attached hydrogens (tertiary/aromatic N) is 1. The summed E-state index contributed by atoms with van der Waals surface area (Å²) in [5, 5.41) is 36.9. The van der Waals surface area contributed by atoms with Gasteiger partial charge in [0.2, 0.25) is 0 Å². The van der Waals surface area contributed by atoms with Gasteiger partial charge in [-0.25, -0.2) is 14.4 Å². The molecular formula is C38H35NO8S2. The van der Waals surface area contributed by atoms with Gasteiger partial charge >= 0.3 is 17.9 Å². The minimum atomic E-state index is -1.21. The van der Waals surface area contributed by atoms with Crippen LogP contribution in [0.2, 0.25) is 0 Å². The van der Waals surface area contributed by atoms with Crippen LogP contribution in [-0.2, 0) is 6.54 Å². The smallest absolute Gasteiger partial charge is 0.335 e. The standard InChI is InChI=1S/2C14H10O4S.C10H16N/c2*15-13(16)9-1-5-11(6-2-9)19-12-7-3-10(4-8-12)14(17)18;1-11(2,3)9-10-7-5-4-6-8-10/h2*1-8H,(H,15,16)(H,17,18);4-8H,9H2,1-3H3/q;;+1/p-1. The third-order valence-corrected chi connectivity index (χ3v) is 8.40.